The topological polar surface area (TPSA) is 64.6 Å². The molecule has 1 aromatic carbocycles. The highest BCUT2D eigenvalue weighted by Crippen LogP contribution is 2.27. The van der Waals surface area contributed by atoms with Crippen LogP contribution in [0.25, 0.3) is 0 Å². The van der Waals surface area contributed by atoms with Crippen LogP contribution < -0.4 is 10.1 Å². The fourth-order valence-corrected chi connectivity index (χ4v) is 1.74. The first-order valence-corrected chi connectivity index (χ1v) is 7.18. The molecule has 0 bridgehead atoms. The van der Waals surface area contributed by atoms with Gasteiger partial charge in [-0.1, -0.05) is 23.2 Å². The Morgan fingerprint density at radius 2 is 2.00 bits per heavy atom. The summed E-state index contributed by atoms with van der Waals surface area (Å²) in [5, 5.41) is 3.38. The maximum Gasteiger partial charge on any atom is 0.307 e. The quantitative estimate of drug-likeness (QED) is 0.779. The number of ether oxygens (including phenoxy) is 2. The molecule has 0 saturated carbocycles. The molecule has 0 saturated heterocycles. The highest BCUT2D eigenvalue weighted by molar-refractivity contribution is 6.34. The molecule has 0 heterocycles. The zero-order chi connectivity index (χ0) is 15.8. The molecule has 5 nitrogen and oxygen atoms in total. The lowest BCUT2D eigenvalue weighted by atomic mass is 10.3. The minimum atomic E-state index is -0.358. The van der Waals surface area contributed by atoms with Crippen molar-refractivity contribution in [3.63, 3.8) is 0 Å². The number of benzene rings is 1. The normalized spacial score (nSPS) is 10.3. The summed E-state index contributed by atoms with van der Waals surface area (Å²) in [4.78, 5) is 22.8. The Hall–Kier alpha value is -1.46. The van der Waals surface area contributed by atoms with Gasteiger partial charge in [-0.2, -0.15) is 0 Å². The fraction of sp³-hybridized carbons (Fsp3) is 0.429. The lowest BCUT2D eigenvalue weighted by Crippen LogP contribution is -2.31. The summed E-state index contributed by atoms with van der Waals surface area (Å²) in [7, 11) is 0. The molecule has 0 aliphatic rings. The third-order valence-electron chi connectivity index (χ3n) is 2.27. The molecule has 0 radical (unpaired) electrons. The third kappa shape index (κ3) is 7.20. The van der Waals surface area contributed by atoms with Crippen molar-refractivity contribution < 1.29 is 19.1 Å². The number of carbonyl (C=O) groups is 2. The Kier molecular flexibility index (Phi) is 7.32. The van der Waals surface area contributed by atoms with Crippen molar-refractivity contribution in [1.82, 2.24) is 5.32 Å². The van der Waals surface area contributed by atoms with E-state index in [1.165, 1.54) is 6.07 Å². The predicted octanol–water partition coefficient (Wildman–Crippen LogP) is 2.83. The average molecular weight is 334 g/mol. The molecule has 0 atom stereocenters. The van der Waals surface area contributed by atoms with Crippen LogP contribution in [0.15, 0.2) is 18.2 Å². The molecule has 0 unspecified atom stereocenters. The van der Waals surface area contributed by atoms with E-state index in [1.54, 1.807) is 26.0 Å². The molecular formula is C14H17Cl2NO4. The van der Waals surface area contributed by atoms with E-state index in [0.717, 1.165) is 0 Å². The smallest absolute Gasteiger partial charge is 0.307 e. The molecule has 1 amide bonds. The van der Waals surface area contributed by atoms with E-state index in [0.29, 0.717) is 15.8 Å². The summed E-state index contributed by atoms with van der Waals surface area (Å²) >= 11 is 11.7. The largest absolute Gasteiger partial charge is 0.482 e. The van der Waals surface area contributed by atoms with Gasteiger partial charge in [0.05, 0.1) is 17.5 Å². The average Bonchev–Trinajstić information content (AvgIpc) is 2.39. The van der Waals surface area contributed by atoms with Gasteiger partial charge >= 0.3 is 5.97 Å². The van der Waals surface area contributed by atoms with E-state index in [4.69, 9.17) is 32.7 Å². The van der Waals surface area contributed by atoms with Crippen LogP contribution in [0.5, 0.6) is 5.75 Å². The van der Waals surface area contributed by atoms with Crippen molar-refractivity contribution in [2.75, 3.05) is 13.2 Å². The van der Waals surface area contributed by atoms with E-state index in [-0.39, 0.29) is 37.6 Å². The first-order valence-electron chi connectivity index (χ1n) is 6.42. The number of rotatable bonds is 7. The molecule has 1 N–H and O–H groups in total. The molecule has 0 aromatic heterocycles. The lowest BCUT2D eigenvalue weighted by molar-refractivity contribution is -0.147. The van der Waals surface area contributed by atoms with Crippen LogP contribution in [0.4, 0.5) is 0 Å². The van der Waals surface area contributed by atoms with E-state index < -0.39 is 0 Å². The van der Waals surface area contributed by atoms with Crippen LogP contribution in [0, 0.1) is 0 Å². The summed E-state index contributed by atoms with van der Waals surface area (Å²) in [5.41, 5.74) is 0. The van der Waals surface area contributed by atoms with Crippen LogP contribution in [0.1, 0.15) is 20.3 Å². The Balaban J connectivity index is 2.28. The monoisotopic (exact) mass is 333 g/mol. The van der Waals surface area contributed by atoms with E-state index in [9.17, 15) is 9.59 Å². The summed E-state index contributed by atoms with van der Waals surface area (Å²) in [6.07, 6.45) is -0.0523. The van der Waals surface area contributed by atoms with Crippen molar-refractivity contribution in [2.45, 2.75) is 26.4 Å². The summed E-state index contributed by atoms with van der Waals surface area (Å²) in [6, 6.07) is 4.73. The van der Waals surface area contributed by atoms with Crippen molar-refractivity contribution in [1.29, 1.82) is 0 Å². The molecule has 0 fully saturated rings. The van der Waals surface area contributed by atoms with Crippen molar-refractivity contribution in [3.8, 4) is 5.75 Å². The summed E-state index contributed by atoms with van der Waals surface area (Å²) in [5.74, 6) is -0.383. The molecular weight excluding hydrogens is 317 g/mol. The van der Waals surface area contributed by atoms with Crippen LogP contribution in [-0.2, 0) is 14.3 Å². The minimum Gasteiger partial charge on any atom is -0.482 e. The SMILES string of the molecule is CC(C)OC(=O)CCNC(=O)COc1cc(Cl)ccc1Cl. The molecule has 7 heteroatoms. The van der Waals surface area contributed by atoms with Gasteiger partial charge in [0.25, 0.3) is 5.91 Å². The number of hydrogen-bond acceptors (Lipinski definition) is 4. The standard InChI is InChI=1S/C14H17Cl2NO4/c1-9(2)21-14(19)5-6-17-13(18)8-20-12-7-10(15)3-4-11(12)16/h3-4,7,9H,5-6,8H2,1-2H3,(H,17,18). The highest BCUT2D eigenvalue weighted by atomic mass is 35.5. The van der Waals surface area contributed by atoms with Crippen molar-refractivity contribution in [2.24, 2.45) is 0 Å². The second-order valence-corrected chi connectivity index (χ2v) is 5.35. The predicted molar refractivity (Wildman–Crippen MR) is 80.8 cm³/mol. The van der Waals surface area contributed by atoms with Gasteiger partial charge < -0.3 is 14.8 Å². The van der Waals surface area contributed by atoms with E-state index in [2.05, 4.69) is 5.32 Å². The maximum atomic E-state index is 11.6. The number of carbonyl (C=O) groups excluding carboxylic acids is 2. The first-order chi connectivity index (χ1) is 9.88. The third-order valence-corrected chi connectivity index (χ3v) is 2.82. The Bertz CT molecular complexity index is 506. The highest BCUT2D eigenvalue weighted by Gasteiger charge is 2.09. The molecule has 0 spiro atoms. The minimum absolute atomic E-state index is 0.113. The second-order valence-electron chi connectivity index (χ2n) is 4.50. The second kappa shape index (κ2) is 8.74. The van der Waals surface area contributed by atoms with Crippen LogP contribution in [-0.4, -0.2) is 31.1 Å². The first kappa shape index (κ1) is 17.6. The van der Waals surface area contributed by atoms with Gasteiger partial charge in [-0.25, -0.2) is 0 Å². The molecule has 0 aliphatic carbocycles. The number of esters is 1. The maximum absolute atomic E-state index is 11.6. The molecule has 1 rings (SSSR count). The van der Waals surface area contributed by atoms with Gasteiger partial charge in [0.2, 0.25) is 0 Å². The van der Waals surface area contributed by atoms with Crippen LogP contribution in [0.3, 0.4) is 0 Å². The Morgan fingerprint density at radius 3 is 2.67 bits per heavy atom. The van der Waals surface area contributed by atoms with Gasteiger partial charge in [0, 0.05) is 17.6 Å². The summed E-state index contributed by atoms with van der Waals surface area (Å²) < 4.78 is 10.2. The molecule has 21 heavy (non-hydrogen) atoms. The zero-order valence-electron chi connectivity index (χ0n) is 11.8. The van der Waals surface area contributed by atoms with Gasteiger partial charge in [-0.05, 0) is 26.0 Å². The van der Waals surface area contributed by atoms with Crippen molar-refractivity contribution >= 4 is 35.1 Å². The van der Waals surface area contributed by atoms with E-state index >= 15 is 0 Å². The Morgan fingerprint density at radius 1 is 1.29 bits per heavy atom. The van der Waals surface area contributed by atoms with Gasteiger partial charge in [0.1, 0.15) is 5.75 Å². The fourth-order valence-electron chi connectivity index (χ4n) is 1.41. The molecule has 116 valence electrons. The number of halogens is 2. The van der Waals surface area contributed by atoms with Crippen LogP contribution >= 0.6 is 23.2 Å². The summed E-state index contributed by atoms with van der Waals surface area (Å²) in [6.45, 7) is 3.51. The number of hydrogen-bond donors (Lipinski definition) is 1. The number of nitrogens with one attached hydrogen (secondary N) is 1. The van der Waals surface area contributed by atoms with Gasteiger partial charge in [-0.3, -0.25) is 9.59 Å². The molecule has 0 aliphatic heterocycles. The molecule has 1 aromatic rings. The lowest BCUT2D eigenvalue weighted by Gasteiger charge is -2.10. The Labute approximate surface area is 133 Å². The van der Waals surface area contributed by atoms with Gasteiger partial charge in [0.15, 0.2) is 6.61 Å². The number of amides is 1. The van der Waals surface area contributed by atoms with Crippen molar-refractivity contribution in [3.05, 3.63) is 28.2 Å². The van der Waals surface area contributed by atoms with E-state index in [1.807, 2.05) is 0 Å². The van der Waals surface area contributed by atoms with Gasteiger partial charge in [-0.15, -0.1) is 0 Å². The van der Waals surface area contributed by atoms with Crippen LogP contribution in [0.2, 0.25) is 10.0 Å². The zero-order valence-corrected chi connectivity index (χ0v) is 13.3.